The normalized spacial score (nSPS) is 20.4. The van der Waals surface area contributed by atoms with Gasteiger partial charge in [-0.3, -0.25) is 5.10 Å². The topological polar surface area (TPSA) is 67.4 Å². The second kappa shape index (κ2) is 5.18. The molecular weight excluding hydrogens is 222 g/mol. The van der Waals surface area contributed by atoms with Gasteiger partial charge in [0.1, 0.15) is 5.69 Å². The summed E-state index contributed by atoms with van der Waals surface area (Å²) in [7, 11) is 0. The third kappa shape index (κ3) is 2.58. The molecule has 6 heteroatoms. The van der Waals surface area contributed by atoms with Crippen LogP contribution in [0.25, 0.3) is 0 Å². The molecule has 2 heterocycles. The van der Waals surface area contributed by atoms with Crippen molar-refractivity contribution in [1.82, 2.24) is 10.2 Å². The van der Waals surface area contributed by atoms with Crippen molar-refractivity contribution in [2.45, 2.75) is 19.9 Å². The van der Waals surface area contributed by atoms with Crippen LogP contribution in [0.2, 0.25) is 0 Å². The molecule has 0 spiro atoms. The molecule has 17 heavy (non-hydrogen) atoms. The van der Waals surface area contributed by atoms with Gasteiger partial charge in [0.05, 0.1) is 25.9 Å². The van der Waals surface area contributed by atoms with E-state index in [9.17, 15) is 4.79 Å². The molecule has 1 saturated heterocycles. The number of morpholine rings is 1. The summed E-state index contributed by atoms with van der Waals surface area (Å²) in [4.78, 5) is 13.6. The van der Waals surface area contributed by atoms with Crippen molar-refractivity contribution in [3.05, 3.63) is 11.8 Å². The van der Waals surface area contributed by atoms with E-state index in [0.717, 1.165) is 12.4 Å². The molecule has 1 N–H and O–H groups in total. The summed E-state index contributed by atoms with van der Waals surface area (Å²) >= 11 is 0. The molecule has 1 aliphatic rings. The minimum atomic E-state index is -0.368. The van der Waals surface area contributed by atoms with E-state index in [1.807, 2.05) is 0 Å². The Morgan fingerprint density at radius 3 is 3.29 bits per heavy atom. The van der Waals surface area contributed by atoms with Gasteiger partial charge in [-0.2, -0.15) is 5.10 Å². The fourth-order valence-electron chi connectivity index (χ4n) is 1.84. The molecule has 0 saturated carbocycles. The Morgan fingerprint density at radius 2 is 2.59 bits per heavy atom. The van der Waals surface area contributed by atoms with Crippen LogP contribution in [0.4, 0.5) is 5.82 Å². The molecule has 0 aliphatic carbocycles. The van der Waals surface area contributed by atoms with Crippen LogP contribution in [0.3, 0.4) is 0 Å². The quantitative estimate of drug-likeness (QED) is 0.791. The van der Waals surface area contributed by atoms with Crippen LogP contribution < -0.4 is 4.90 Å². The van der Waals surface area contributed by atoms with E-state index in [0.29, 0.717) is 25.5 Å². The molecule has 1 aromatic heterocycles. The van der Waals surface area contributed by atoms with Gasteiger partial charge in [-0.15, -0.1) is 0 Å². The predicted molar refractivity (Wildman–Crippen MR) is 62.2 cm³/mol. The van der Waals surface area contributed by atoms with Gasteiger partial charge in [-0.1, -0.05) is 0 Å². The van der Waals surface area contributed by atoms with Crippen molar-refractivity contribution in [2.24, 2.45) is 0 Å². The molecule has 1 atom stereocenters. The summed E-state index contributed by atoms with van der Waals surface area (Å²) in [6, 6.07) is 1.99. The van der Waals surface area contributed by atoms with Crippen LogP contribution in [-0.2, 0) is 9.47 Å². The third-order valence-electron chi connectivity index (χ3n) is 2.72. The average molecular weight is 239 g/mol. The van der Waals surface area contributed by atoms with Crippen LogP contribution in [-0.4, -0.2) is 48.6 Å². The standard InChI is InChI=1S/C11H17N3O3/c1-3-17-11(15)9-6-10(13-12-9)14-4-5-16-7-8(14)2/h6,8H,3-5,7H2,1-2H3,(H,12,13)/t8-/m1/s1. The number of anilines is 1. The zero-order valence-corrected chi connectivity index (χ0v) is 10.1. The summed E-state index contributed by atoms with van der Waals surface area (Å²) in [6.45, 7) is 6.36. The van der Waals surface area contributed by atoms with Crippen LogP contribution >= 0.6 is 0 Å². The van der Waals surface area contributed by atoms with Crippen molar-refractivity contribution < 1.29 is 14.3 Å². The van der Waals surface area contributed by atoms with Gasteiger partial charge in [-0.25, -0.2) is 4.79 Å². The van der Waals surface area contributed by atoms with Crippen molar-refractivity contribution in [3.8, 4) is 0 Å². The largest absolute Gasteiger partial charge is 0.461 e. The number of hydrogen-bond donors (Lipinski definition) is 1. The fraction of sp³-hybridized carbons (Fsp3) is 0.636. The molecule has 0 amide bonds. The first-order valence-electron chi connectivity index (χ1n) is 5.79. The molecule has 1 aromatic rings. The van der Waals surface area contributed by atoms with Crippen molar-refractivity contribution >= 4 is 11.8 Å². The molecule has 0 radical (unpaired) electrons. The number of aromatic nitrogens is 2. The average Bonchev–Trinajstić information content (AvgIpc) is 2.79. The summed E-state index contributed by atoms with van der Waals surface area (Å²) in [5.74, 6) is 0.399. The number of H-pyrrole nitrogens is 1. The molecule has 94 valence electrons. The number of esters is 1. The lowest BCUT2D eigenvalue weighted by Gasteiger charge is -2.33. The highest BCUT2D eigenvalue weighted by atomic mass is 16.5. The third-order valence-corrected chi connectivity index (χ3v) is 2.72. The monoisotopic (exact) mass is 239 g/mol. The van der Waals surface area contributed by atoms with Gasteiger partial charge < -0.3 is 14.4 Å². The first-order valence-corrected chi connectivity index (χ1v) is 5.79. The van der Waals surface area contributed by atoms with Gasteiger partial charge in [-0.05, 0) is 13.8 Å². The molecule has 1 fully saturated rings. The molecule has 0 bridgehead atoms. The number of carbonyl (C=O) groups excluding carboxylic acids is 1. The zero-order chi connectivity index (χ0) is 12.3. The lowest BCUT2D eigenvalue weighted by Crippen LogP contribution is -2.43. The van der Waals surface area contributed by atoms with Gasteiger partial charge in [0.15, 0.2) is 5.82 Å². The van der Waals surface area contributed by atoms with E-state index in [1.54, 1.807) is 13.0 Å². The summed E-state index contributed by atoms with van der Waals surface area (Å²) < 4.78 is 10.3. The van der Waals surface area contributed by atoms with Crippen LogP contribution in [0.1, 0.15) is 24.3 Å². The molecule has 0 unspecified atom stereocenters. The second-order valence-electron chi connectivity index (χ2n) is 3.98. The number of nitrogens with zero attached hydrogens (tertiary/aromatic N) is 2. The first kappa shape index (κ1) is 11.9. The highest BCUT2D eigenvalue weighted by Crippen LogP contribution is 2.18. The highest BCUT2D eigenvalue weighted by molar-refractivity contribution is 5.88. The molecule has 2 rings (SSSR count). The van der Waals surface area contributed by atoms with Gasteiger partial charge in [0.2, 0.25) is 0 Å². The van der Waals surface area contributed by atoms with Crippen molar-refractivity contribution in [1.29, 1.82) is 0 Å². The maximum absolute atomic E-state index is 11.5. The Hall–Kier alpha value is -1.56. The Balaban J connectivity index is 2.09. The number of ether oxygens (including phenoxy) is 2. The van der Waals surface area contributed by atoms with E-state index in [2.05, 4.69) is 22.0 Å². The molecular formula is C11H17N3O3. The maximum atomic E-state index is 11.5. The molecule has 1 aliphatic heterocycles. The van der Waals surface area contributed by atoms with E-state index >= 15 is 0 Å². The number of carbonyl (C=O) groups is 1. The van der Waals surface area contributed by atoms with Crippen LogP contribution in [0.15, 0.2) is 6.07 Å². The van der Waals surface area contributed by atoms with E-state index in [1.165, 1.54) is 0 Å². The van der Waals surface area contributed by atoms with Gasteiger partial charge >= 0.3 is 5.97 Å². The minimum Gasteiger partial charge on any atom is -0.461 e. The second-order valence-corrected chi connectivity index (χ2v) is 3.98. The van der Waals surface area contributed by atoms with Crippen LogP contribution in [0, 0.1) is 0 Å². The number of rotatable bonds is 3. The zero-order valence-electron chi connectivity index (χ0n) is 10.1. The Kier molecular flexibility index (Phi) is 3.63. The first-order chi connectivity index (χ1) is 8.22. The fourth-order valence-corrected chi connectivity index (χ4v) is 1.84. The van der Waals surface area contributed by atoms with E-state index in [-0.39, 0.29) is 12.0 Å². The summed E-state index contributed by atoms with van der Waals surface area (Å²) in [6.07, 6.45) is 0. The number of hydrogen-bond acceptors (Lipinski definition) is 5. The predicted octanol–water partition coefficient (Wildman–Crippen LogP) is 0.811. The van der Waals surface area contributed by atoms with Gasteiger partial charge in [0, 0.05) is 12.6 Å². The summed E-state index contributed by atoms with van der Waals surface area (Å²) in [5.41, 5.74) is 0.389. The maximum Gasteiger partial charge on any atom is 0.356 e. The van der Waals surface area contributed by atoms with E-state index in [4.69, 9.17) is 9.47 Å². The SMILES string of the molecule is CCOC(=O)c1cc(N2CCOC[C@H]2C)n[nH]1. The lowest BCUT2D eigenvalue weighted by atomic mass is 10.2. The van der Waals surface area contributed by atoms with E-state index < -0.39 is 0 Å². The minimum absolute atomic E-state index is 0.266. The summed E-state index contributed by atoms with van der Waals surface area (Å²) in [5, 5.41) is 6.84. The van der Waals surface area contributed by atoms with Crippen LogP contribution in [0.5, 0.6) is 0 Å². The number of aromatic amines is 1. The Labute approximate surface area is 99.9 Å². The molecule has 0 aromatic carbocycles. The van der Waals surface area contributed by atoms with Crippen molar-refractivity contribution in [3.63, 3.8) is 0 Å². The highest BCUT2D eigenvalue weighted by Gasteiger charge is 2.22. The smallest absolute Gasteiger partial charge is 0.356 e. The lowest BCUT2D eigenvalue weighted by molar-refractivity contribution is 0.0519. The van der Waals surface area contributed by atoms with Gasteiger partial charge in [0.25, 0.3) is 0 Å². The Bertz CT molecular complexity index is 391. The molecule has 6 nitrogen and oxygen atoms in total. The number of nitrogens with one attached hydrogen (secondary N) is 1. The Morgan fingerprint density at radius 1 is 1.76 bits per heavy atom. The van der Waals surface area contributed by atoms with Crippen molar-refractivity contribution in [2.75, 3.05) is 31.3 Å².